The molecular weight excluding hydrogens is 480 g/mol. The Balaban J connectivity index is 2.12. The van der Waals surface area contributed by atoms with Gasteiger partial charge in [-0.2, -0.15) is 0 Å². The van der Waals surface area contributed by atoms with Crippen molar-refractivity contribution in [3.63, 3.8) is 0 Å². The predicted octanol–water partition coefficient (Wildman–Crippen LogP) is 7.76. The van der Waals surface area contributed by atoms with Crippen LogP contribution in [0.4, 0.5) is 0 Å². The molecule has 0 radical (unpaired) electrons. The molecule has 2 aromatic carbocycles. The number of esters is 1. The summed E-state index contributed by atoms with van der Waals surface area (Å²) in [7, 11) is 0. The number of halogens is 1. The molecule has 0 bridgehead atoms. The van der Waals surface area contributed by atoms with Gasteiger partial charge in [0.25, 0.3) is 0 Å². The minimum atomic E-state index is -0.335. The highest BCUT2D eigenvalue weighted by molar-refractivity contribution is 6.31. The number of rotatable bonds is 20. The van der Waals surface area contributed by atoms with E-state index in [2.05, 4.69) is 13.8 Å². The van der Waals surface area contributed by atoms with Gasteiger partial charge in [-0.15, -0.1) is 0 Å². The highest BCUT2D eigenvalue weighted by Crippen LogP contribution is 2.45. The Bertz CT molecular complexity index is 901. The van der Waals surface area contributed by atoms with Gasteiger partial charge in [0.1, 0.15) is 0 Å². The van der Waals surface area contributed by atoms with Crippen molar-refractivity contribution >= 4 is 28.3 Å². The van der Waals surface area contributed by atoms with Gasteiger partial charge in [0.2, 0.25) is 5.75 Å². The molecule has 0 heterocycles. The number of hydrogen-bond acceptors (Lipinski definition) is 6. The van der Waals surface area contributed by atoms with Gasteiger partial charge in [0.05, 0.1) is 13.2 Å². The van der Waals surface area contributed by atoms with E-state index in [1.807, 2.05) is 18.2 Å². The highest BCUT2D eigenvalue weighted by Gasteiger charge is 2.20. The van der Waals surface area contributed by atoms with Crippen molar-refractivity contribution in [2.45, 2.75) is 78.6 Å². The molecule has 0 fully saturated rings. The zero-order chi connectivity index (χ0) is 26.0. The lowest BCUT2D eigenvalue weighted by molar-refractivity contribution is -0.134. The molecule has 0 atom stereocenters. The Hall–Kier alpha value is -2.02. The van der Waals surface area contributed by atoms with E-state index in [9.17, 15) is 4.79 Å². The van der Waals surface area contributed by atoms with Gasteiger partial charge in [0, 0.05) is 43.3 Å². The minimum absolute atomic E-state index is 0.254. The first-order chi connectivity index (χ1) is 17.6. The molecule has 0 saturated carbocycles. The van der Waals surface area contributed by atoms with Crippen LogP contribution in [0.5, 0.6) is 17.2 Å². The summed E-state index contributed by atoms with van der Waals surface area (Å²) in [4.78, 5) is 12.3. The van der Waals surface area contributed by atoms with Crippen molar-refractivity contribution in [2.75, 3.05) is 39.6 Å². The topological polar surface area (TPSA) is 63.2 Å². The third kappa shape index (κ3) is 10.9. The molecular formula is C29H43ClO6. The molecule has 0 spiro atoms. The average molecular weight is 523 g/mol. The maximum atomic E-state index is 12.3. The Kier molecular flexibility index (Phi) is 15.3. The van der Waals surface area contributed by atoms with Crippen LogP contribution in [-0.4, -0.2) is 45.6 Å². The second-order valence-electron chi connectivity index (χ2n) is 8.77. The number of benzene rings is 2. The van der Waals surface area contributed by atoms with Crippen LogP contribution in [0.3, 0.4) is 0 Å². The maximum Gasteiger partial charge on any atom is 0.311 e. The van der Waals surface area contributed by atoms with Crippen molar-refractivity contribution in [3.8, 4) is 17.2 Å². The zero-order valence-corrected chi connectivity index (χ0v) is 23.0. The van der Waals surface area contributed by atoms with Gasteiger partial charge in [-0.05, 0) is 75.0 Å². The van der Waals surface area contributed by atoms with Crippen LogP contribution in [0.25, 0.3) is 10.8 Å². The predicted molar refractivity (Wildman–Crippen MR) is 146 cm³/mol. The molecule has 2 aromatic rings. The SMILES string of the molecule is CCCOCCCCCOc1cc2ccc(Cl)cc2c(OC(=O)CC)c1OCCCCCOCCC. The van der Waals surface area contributed by atoms with E-state index in [1.165, 1.54) is 0 Å². The molecule has 0 aliphatic rings. The van der Waals surface area contributed by atoms with Crippen molar-refractivity contribution < 1.29 is 28.5 Å². The van der Waals surface area contributed by atoms with Crippen LogP contribution in [0.2, 0.25) is 5.02 Å². The fourth-order valence-corrected chi connectivity index (χ4v) is 3.81. The van der Waals surface area contributed by atoms with Gasteiger partial charge in [0.15, 0.2) is 11.5 Å². The first-order valence-electron chi connectivity index (χ1n) is 13.5. The molecule has 0 amide bonds. The van der Waals surface area contributed by atoms with E-state index in [0.717, 1.165) is 88.6 Å². The smallest absolute Gasteiger partial charge is 0.311 e. The van der Waals surface area contributed by atoms with Gasteiger partial charge >= 0.3 is 5.97 Å². The van der Waals surface area contributed by atoms with Crippen LogP contribution < -0.4 is 14.2 Å². The summed E-state index contributed by atoms with van der Waals surface area (Å²) in [5.74, 6) is 1.08. The molecule has 202 valence electrons. The molecule has 0 N–H and O–H groups in total. The average Bonchev–Trinajstić information content (AvgIpc) is 2.88. The van der Waals surface area contributed by atoms with Crippen molar-refractivity contribution in [1.29, 1.82) is 0 Å². The van der Waals surface area contributed by atoms with Gasteiger partial charge in [-0.3, -0.25) is 4.79 Å². The lowest BCUT2D eigenvalue weighted by atomic mass is 10.1. The van der Waals surface area contributed by atoms with Crippen LogP contribution in [-0.2, 0) is 14.3 Å². The minimum Gasteiger partial charge on any atom is -0.490 e. The fraction of sp³-hybridized carbons (Fsp3) is 0.621. The maximum absolute atomic E-state index is 12.3. The van der Waals surface area contributed by atoms with E-state index in [4.69, 9.17) is 35.3 Å². The van der Waals surface area contributed by atoms with Crippen molar-refractivity contribution in [1.82, 2.24) is 0 Å². The molecule has 7 heteroatoms. The largest absolute Gasteiger partial charge is 0.490 e. The number of carbonyl (C=O) groups excluding carboxylic acids is 1. The van der Waals surface area contributed by atoms with Gasteiger partial charge in [-0.25, -0.2) is 0 Å². The number of fused-ring (bicyclic) bond motifs is 1. The van der Waals surface area contributed by atoms with E-state index < -0.39 is 0 Å². The summed E-state index contributed by atoms with van der Waals surface area (Å²) in [6.07, 6.45) is 8.08. The van der Waals surface area contributed by atoms with Crippen molar-refractivity contribution in [3.05, 3.63) is 29.3 Å². The number of ether oxygens (including phenoxy) is 5. The molecule has 0 aromatic heterocycles. The van der Waals surface area contributed by atoms with Gasteiger partial charge < -0.3 is 23.7 Å². The summed E-state index contributed by atoms with van der Waals surface area (Å²) < 4.78 is 29.3. The molecule has 36 heavy (non-hydrogen) atoms. The molecule has 0 aliphatic heterocycles. The molecule has 0 saturated heterocycles. The lowest BCUT2D eigenvalue weighted by Crippen LogP contribution is -2.10. The van der Waals surface area contributed by atoms with E-state index in [0.29, 0.717) is 35.5 Å². The summed E-state index contributed by atoms with van der Waals surface area (Å²) in [5, 5.41) is 2.17. The van der Waals surface area contributed by atoms with E-state index in [-0.39, 0.29) is 12.4 Å². The number of unbranched alkanes of at least 4 members (excludes halogenated alkanes) is 4. The first-order valence-corrected chi connectivity index (χ1v) is 13.9. The number of carbonyl (C=O) groups is 1. The summed E-state index contributed by atoms with van der Waals surface area (Å²) in [5.41, 5.74) is 0. The second kappa shape index (κ2) is 18.3. The number of hydrogen-bond donors (Lipinski definition) is 0. The quantitative estimate of drug-likeness (QED) is 0.101. The van der Waals surface area contributed by atoms with Crippen molar-refractivity contribution in [2.24, 2.45) is 0 Å². The molecule has 0 aliphatic carbocycles. The third-order valence-corrected chi connectivity index (χ3v) is 5.78. The Morgan fingerprint density at radius 1 is 0.722 bits per heavy atom. The Morgan fingerprint density at radius 3 is 1.94 bits per heavy atom. The Morgan fingerprint density at radius 2 is 1.33 bits per heavy atom. The van der Waals surface area contributed by atoms with Crippen LogP contribution in [0.1, 0.15) is 78.6 Å². The third-order valence-electron chi connectivity index (χ3n) is 5.55. The summed E-state index contributed by atoms with van der Waals surface area (Å²) in [6.45, 7) is 10.2. The fourth-order valence-electron chi connectivity index (χ4n) is 3.64. The van der Waals surface area contributed by atoms with Gasteiger partial charge in [-0.1, -0.05) is 38.4 Å². The van der Waals surface area contributed by atoms with E-state index >= 15 is 0 Å². The molecule has 2 rings (SSSR count). The standard InChI is InChI=1S/C29H43ClO6/c1-4-15-32-17-9-7-11-19-34-26-21-23-13-14-24(30)22-25(23)28(36-27(31)6-3)29(26)35-20-12-8-10-18-33-16-5-2/h13-14,21-22H,4-12,15-20H2,1-3H3. The summed E-state index contributed by atoms with van der Waals surface area (Å²) in [6, 6.07) is 7.45. The lowest BCUT2D eigenvalue weighted by Gasteiger charge is -2.19. The summed E-state index contributed by atoms with van der Waals surface area (Å²) >= 11 is 6.28. The van der Waals surface area contributed by atoms with Crippen LogP contribution in [0.15, 0.2) is 24.3 Å². The van der Waals surface area contributed by atoms with Crippen LogP contribution in [0, 0.1) is 0 Å². The highest BCUT2D eigenvalue weighted by atomic mass is 35.5. The zero-order valence-electron chi connectivity index (χ0n) is 22.2. The molecule has 6 nitrogen and oxygen atoms in total. The van der Waals surface area contributed by atoms with Crippen LogP contribution >= 0.6 is 11.6 Å². The monoisotopic (exact) mass is 522 g/mol. The van der Waals surface area contributed by atoms with E-state index in [1.54, 1.807) is 13.0 Å². The molecule has 0 unspecified atom stereocenters. The normalized spacial score (nSPS) is 11.1. The Labute approximate surface area is 221 Å². The second-order valence-corrected chi connectivity index (χ2v) is 9.21. The first kappa shape index (κ1) is 30.2.